The second-order valence-corrected chi connectivity index (χ2v) is 6.02. The van der Waals surface area contributed by atoms with Gasteiger partial charge < -0.3 is 4.74 Å². The number of esters is 1. The third-order valence-corrected chi connectivity index (χ3v) is 4.15. The quantitative estimate of drug-likeness (QED) is 0.484. The van der Waals surface area contributed by atoms with Gasteiger partial charge in [0.25, 0.3) is 5.69 Å². The first kappa shape index (κ1) is 15.2. The van der Waals surface area contributed by atoms with Crippen molar-refractivity contribution in [1.82, 2.24) is 0 Å². The summed E-state index contributed by atoms with van der Waals surface area (Å²) in [6.45, 7) is 4.25. The Hall–Kier alpha value is -2.69. The molecule has 2 aromatic carbocycles. The summed E-state index contributed by atoms with van der Waals surface area (Å²) >= 11 is 0. The van der Waals surface area contributed by atoms with Crippen LogP contribution in [0.1, 0.15) is 52.9 Å². The Morgan fingerprint density at radius 1 is 1.17 bits per heavy atom. The molecule has 1 heterocycles. The van der Waals surface area contributed by atoms with Gasteiger partial charge in [0.05, 0.1) is 10.5 Å². The Kier molecular flexibility index (Phi) is 3.86. The monoisotopic (exact) mass is 311 g/mol. The zero-order valence-corrected chi connectivity index (χ0v) is 13.0. The van der Waals surface area contributed by atoms with Crippen molar-refractivity contribution in [3.8, 4) is 0 Å². The van der Waals surface area contributed by atoms with Gasteiger partial charge in [0, 0.05) is 18.6 Å². The van der Waals surface area contributed by atoms with Crippen molar-refractivity contribution >= 4 is 11.7 Å². The van der Waals surface area contributed by atoms with Crippen molar-refractivity contribution in [1.29, 1.82) is 0 Å². The molecule has 1 unspecified atom stereocenters. The number of fused-ring (bicyclic) bond motifs is 1. The molecule has 2 aromatic rings. The van der Waals surface area contributed by atoms with E-state index in [1.54, 1.807) is 6.07 Å². The molecule has 1 atom stereocenters. The van der Waals surface area contributed by atoms with Crippen LogP contribution in [0.4, 0.5) is 5.69 Å². The Balaban J connectivity index is 1.88. The molecule has 0 fully saturated rings. The summed E-state index contributed by atoms with van der Waals surface area (Å²) in [6.07, 6.45) is 0.178. The Morgan fingerprint density at radius 2 is 1.87 bits per heavy atom. The lowest BCUT2D eigenvalue weighted by atomic mass is 9.93. The second kappa shape index (κ2) is 5.83. The molecular weight excluding hydrogens is 294 g/mol. The summed E-state index contributed by atoms with van der Waals surface area (Å²) in [5.41, 5.74) is 3.14. The molecule has 0 spiro atoms. The molecule has 0 aromatic heterocycles. The third kappa shape index (κ3) is 2.95. The summed E-state index contributed by atoms with van der Waals surface area (Å²) in [5, 5.41) is 10.8. The molecule has 5 nitrogen and oxygen atoms in total. The molecule has 0 saturated carbocycles. The molecule has 23 heavy (non-hydrogen) atoms. The van der Waals surface area contributed by atoms with E-state index in [9.17, 15) is 14.9 Å². The fourth-order valence-electron chi connectivity index (χ4n) is 2.76. The highest BCUT2D eigenvalue weighted by atomic mass is 16.6. The summed E-state index contributed by atoms with van der Waals surface area (Å²) in [4.78, 5) is 22.5. The Morgan fingerprint density at radius 3 is 2.48 bits per heavy atom. The van der Waals surface area contributed by atoms with Gasteiger partial charge in [-0.05, 0) is 22.6 Å². The van der Waals surface area contributed by atoms with Crippen molar-refractivity contribution < 1.29 is 14.5 Å². The minimum absolute atomic E-state index is 0.0968. The second-order valence-electron chi connectivity index (χ2n) is 6.02. The first-order valence-corrected chi connectivity index (χ1v) is 7.54. The van der Waals surface area contributed by atoms with Crippen molar-refractivity contribution in [3.05, 3.63) is 74.8 Å². The predicted molar refractivity (Wildman–Crippen MR) is 85.5 cm³/mol. The number of non-ortho nitro benzene ring substituents is 1. The van der Waals surface area contributed by atoms with Gasteiger partial charge >= 0.3 is 5.97 Å². The lowest BCUT2D eigenvalue weighted by Crippen LogP contribution is -2.22. The number of hydrogen-bond acceptors (Lipinski definition) is 4. The number of nitrogens with zero attached hydrogens (tertiary/aromatic N) is 1. The maximum Gasteiger partial charge on any atom is 0.339 e. The van der Waals surface area contributed by atoms with Crippen LogP contribution in [0.2, 0.25) is 0 Å². The molecule has 0 N–H and O–H groups in total. The van der Waals surface area contributed by atoms with E-state index in [1.165, 1.54) is 17.7 Å². The van der Waals surface area contributed by atoms with Crippen LogP contribution in [0.3, 0.4) is 0 Å². The van der Waals surface area contributed by atoms with E-state index in [0.29, 0.717) is 12.3 Å². The highest BCUT2D eigenvalue weighted by molar-refractivity contribution is 5.93. The molecule has 0 aliphatic carbocycles. The van der Waals surface area contributed by atoms with Crippen LogP contribution in [0, 0.1) is 10.1 Å². The number of hydrogen-bond donors (Lipinski definition) is 0. The highest BCUT2D eigenvalue weighted by Gasteiger charge is 2.29. The predicted octanol–water partition coefficient (Wildman–Crippen LogP) is 4.17. The van der Waals surface area contributed by atoms with E-state index >= 15 is 0 Å². The van der Waals surface area contributed by atoms with E-state index in [1.807, 2.05) is 24.3 Å². The van der Waals surface area contributed by atoms with Crippen LogP contribution in [-0.4, -0.2) is 10.9 Å². The van der Waals surface area contributed by atoms with E-state index in [0.717, 1.165) is 11.1 Å². The van der Waals surface area contributed by atoms with E-state index < -0.39 is 10.9 Å². The number of benzene rings is 2. The molecule has 3 rings (SSSR count). The average molecular weight is 311 g/mol. The topological polar surface area (TPSA) is 69.4 Å². The third-order valence-electron chi connectivity index (χ3n) is 4.15. The molecule has 0 radical (unpaired) electrons. The Labute approximate surface area is 134 Å². The van der Waals surface area contributed by atoms with Gasteiger partial charge in [-0.3, -0.25) is 10.1 Å². The number of carbonyl (C=O) groups excluding carboxylic acids is 1. The fourth-order valence-corrected chi connectivity index (χ4v) is 2.76. The highest BCUT2D eigenvalue weighted by Crippen LogP contribution is 2.32. The molecule has 0 bridgehead atoms. The molecule has 0 amide bonds. The smallest absolute Gasteiger partial charge is 0.339 e. The minimum Gasteiger partial charge on any atom is -0.454 e. The maximum absolute atomic E-state index is 12.2. The normalized spacial score (nSPS) is 16.8. The summed E-state index contributed by atoms with van der Waals surface area (Å²) in [7, 11) is 0. The van der Waals surface area contributed by atoms with Gasteiger partial charge in [-0.25, -0.2) is 4.79 Å². The van der Waals surface area contributed by atoms with Crippen LogP contribution in [0.5, 0.6) is 0 Å². The van der Waals surface area contributed by atoms with Gasteiger partial charge in [-0.15, -0.1) is 0 Å². The molecule has 0 saturated heterocycles. The van der Waals surface area contributed by atoms with E-state index in [-0.39, 0.29) is 17.4 Å². The van der Waals surface area contributed by atoms with Gasteiger partial charge in [0.2, 0.25) is 0 Å². The number of ether oxygens (including phenoxy) is 1. The van der Waals surface area contributed by atoms with Crippen LogP contribution in [0.25, 0.3) is 0 Å². The number of nitro groups is 1. The minimum atomic E-state index is -0.510. The summed E-state index contributed by atoms with van der Waals surface area (Å²) < 4.78 is 5.47. The zero-order valence-electron chi connectivity index (χ0n) is 13.0. The zero-order chi connectivity index (χ0) is 16.6. The lowest BCUT2D eigenvalue weighted by molar-refractivity contribution is -0.384. The fraction of sp³-hybridized carbons (Fsp3) is 0.278. The summed E-state index contributed by atoms with van der Waals surface area (Å²) in [6, 6.07) is 12.4. The summed E-state index contributed by atoms with van der Waals surface area (Å²) in [5.74, 6) is -0.0629. The first-order chi connectivity index (χ1) is 11.0. The molecule has 5 heteroatoms. The van der Waals surface area contributed by atoms with Gasteiger partial charge in [-0.2, -0.15) is 0 Å². The standard InChI is InChI=1S/C18H17NO4/c1-11(2)12-3-5-13(6-4-12)17-9-14-7-8-15(19(21)22)10-16(14)18(20)23-17/h3-8,10-11,17H,9H2,1-2H3. The molecular formula is C18H17NO4. The average Bonchev–Trinajstić information content (AvgIpc) is 2.54. The number of cyclic esters (lactones) is 1. The van der Waals surface area contributed by atoms with Crippen molar-refractivity contribution in [2.45, 2.75) is 32.3 Å². The van der Waals surface area contributed by atoms with Crippen LogP contribution < -0.4 is 0 Å². The van der Waals surface area contributed by atoms with Crippen molar-refractivity contribution in [2.75, 3.05) is 0 Å². The van der Waals surface area contributed by atoms with E-state index in [2.05, 4.69) is 13.8 Å². The number of carbonyl (C=O) groups is 1. The Bertz CT molecular complexity index is 765. The maximum atomic E-state index is 12.2. The first-order valence-electron chi connectivity index (χ1n) is 7.54. The molecule has 118 valence electrons. The van der Waals surface area contributed by atoms with Gasteiger partial charge in [0.1, 0.15) is 6.10 Å². The molecule has 1 aliphatic rings. The van der Waals surface area contributed by atoms with Crippen molar-refractivity contribution in [3.63, 3.8) is 0 Å². The lowest BCUT2D eigenvalue weighted by Gasteiger charge is -2.25. The van der Waals surface area contributed by atoms with Gasteiger partial charge in [-0.1, -0.05) is 44.2 Å². The number of rotatable bonds is 3. The van der Waals surface area contributed by atoms with Crippen molar-refractivity contribution in [2.24, 2.45) is 0 Å². The van der Waals surface area contributed by atoms with E-state index in [4.69, 9.17) is 4.74 Å². The SMILES string of the molecule is CC(C)c1ccc(C2Cc3ccc([N+](=O)[O-])cc3C(=O)O2)cc1. The van der Waals surface area contributed by atoms with Crippen LogP contribution >= 0.6 is 0 Å². The largest absolute Gasteiger partial charge is 0.454 e. The van der Waals surface area contributed by atoms with Gasteiger partial charge in [0.15, 0.2) is 0 Å². The van der Waals surface area contributed by atoms with Crippen LogP contribution in [-0.2, 0) is 11.2 Å². The molecule has 1 aliphatic heterocycles. The number of nitro benzene ring substituents is 1. The van der Waals surface area contributed by atoms with Crippen LogP contribution in [0.15, 0.2) is 42.5 Å².